The van der Waals surface area contributed by atoms with E-state index in [2.05, 4.69) is 10.4 Å². The zero-order valence-corrected chi connectivity index (χ0v) is 18.2. The van der Waals surface area contributed by atoms with Crippen molar-refractivity contribution >= 4 is 28.4 Å². The number of ether oxygens (including phenoxy) is 2. The Balaban J connectivity index is 1.82. The van der Waals surface area contributed by atoms with Crippen LogP contribution in [0.4, 0.5) is 0 Å². The van der Waals surface area contributed by atoms with Crippen LogP contribution in [-0.2, 0) is 11.2 Å². The van der Waals surface area contributed by atoms with Crippen molar-refractivity contribution in [3.8, 4) is 22.9 Å². The highest BCUT2D eigenvalue weighted by molar-refractivity contribution is 6.30. The maximum atomic E-state index is 13.3. The lowest BCUT2D eigenvalue weighted by Crippen LogP contribution is -2.35. The second-order valence-corrected chi connectivity index (χ2v) is 7.47. The van der Waals surface area contributed by atoms with E-state index >= 15 is 0 Å². The van der Waals surface area contributed by atoms with Gasteiger partial charge in [0.1, 0.15) is 11.5 Å². The maximum absolute atomic E-state index is 13.3. The maximum Gasteiger partial charge on any atom is 0.280 e. The topological polar surface area (TPSA) is 82.4 Å². The Morgan fingerprint density at radius 3 is 2.31 bits per heavy atom. The quantitative estimate of drug-likeness (QED) is 0.480. The molecule has 0 unspecified atom stereocenters. The first kappa shape index (κ1) is 21.4. The summed E-state index contributed by atoms with van der Waals surface area (Å²) < 4.78 is 11.9. The Morgan fingerprint density at radius 2 is 1.66 bits per heavy atom. The Labute approximate surface area is 189 Å². The summed E-state index contributed by atoms with van der Waals surface area (Å²) in [6.07, 6.45) is 0.0668. The van der Waals surface area contributed by atoms with Crippen LogP contribution in [0.2, 0.25) is 5.02 Å². The lowest BCUT2D eigenvalue weighted by Gasteiger charge is -2.16. The average molecular weight is 450 g/mol. The van der Waals surface area contributed by atoms with E-state index < -0.39 is 5.56 Å². The molecular weight excluding hydrogens is 430 g/mol. The van der Waals surface area contributed by atoms with E-state index in [0.717, 1.165) is 10.2 Å². The number of halogens is 1. The number of fused-ring (bicyclic) bond motifs is 1. The number of nitrogens with zero attached hydrogens (tertiary/aromatic N) is 2. The summed E-state index contributed by atoms with van der Waals surface area (Å²) in [6, 6.07) is 19.1. The average Bonchev–Trinajstić information content (AvgIpc) is 2.81. The third-order valence-electron chi connectivity index (χ3n) is 4.90. The number of rotatable bonds is 6. The van der Waals surface area contributed by atoms with Crippen LogP contribution in [0, 0.1) is 0 Å². The molecule has 0 saturated heterocycles. The van der Waals surface area contributed by atoms with E-state index in [9.17, 15) is 9.59 Å². The summed E-state index contributed by atoms with van der Waals surface area (Å²) in [5.74, 6) is 0.944. The molecule has 3 aromatic carbocycles. The molecule has 0 bridgehead atoms. The molecule has 0 aliphatic rings. The van der Waals surface area contributed by atoms with Gasteiger partial charge in [-0.15, -0.1) is 0 Å². The molecule has 0 atom stereocenters. The van der Waals surface area contributed by atoms with Gasteiger partial charge in [0.2, 0.25) is 5.91 Å². The predicted molar refractivity (Wildman–Crippen MR) is 124 cm³/mol. The Bertz CT molecular complexity index is 1330. The number of benzene rings is 3. The van der Waals surface area contributed by atoms with E-state index in [-0.39, 0.29) is 18.2 Å². The molecule has 1 N–H and O–H groups in total. The van der Waals surface area contributed by atoms with Crippen molar-refractivity contribution in [2.24, 2.45) is 0 Å². The number of nitrogens with one attached hydrogen (secondary N) is 1. The molecule has 32 heavy (non-hydrogen) atoms. The van der Waals surface area contributed by atoms with Gasteiger partial charge in [-0.3, -0.25) is 15.0 Å². The minimum atomic E-state index is -0.392. The zero-order chi connectivity index (χ0) is 22.7. The van der Waals surface area contributed by atoms with Crippen LogP contribution in [0.5, 0.6) is 11.5 Å². The first-order valence-electron chi connectivity index (χ1n) is 9.78. The van der Waals surface area contributed by atoms with Gasteiger partial charge < -0.3 is 9.47 Å². The van der Waals surface area contributed by atoms with Crippen LogP contribution >= 0.6 is 11.6 Å². The fourth-order valence-electron chi connectivity index (χ4n) is 3.32. The van der Waals surface area contributed by atoms with Crippen LogP contribution in [0.25, 0.3) is 22.3 Å². The van der Waals surface area contributed by atoms with Gasteiger partial charge in [0, 0.05) is 16.7 Å². The normalized spacial score (nSPS) is 10.7. The minimum absolute atomic E-state index is 0.0668. The molecule has 4 rings (SSSR count). The van der Waals surface area contributed by atoms with Crippen molar-refractivity contribution in [1.29, 1.82) is 0 Å². The second-order valence-electron chi connectivity index (χ2n) is 7.03. The van der Waals surface area contributed by atoms with Crippen molar-refractivity contribution in [3.05, 3.63) is 87.7 Å². The highest BCUT2D eigenvalue weighted by Crippen LogP contribution is 2.29. The van der Waals surface area contributed by atoms with Crippen molar-refractivity contribution < 1.29 is 14.3 Å². The Hall–Kier alpha value is -3.84. The summed E-state index contributed by atoms with van der Waals surface area (Å²) in [7, 11) is 3.07. The van der Waals surface area contributed by atoms with Gasteiger partial charge in [0.25, 0.3) is 5.56 Å². The van der Waals surface area contributed by atoms with Gasteiger partial charge in [0.15, 0.2) is 5.82 Å². The van der Waals surface area contributed by atoms with E-state index in [1.165, 1.54) is 14.2 Å². The van der Waals surface area contributed by atoms with Gasteiger partial charge in [0.05, 0.1) is 31.5 Å². The summed E-state index contributed by atoms with van der Waals surface area (Å²) in [4.78, 5) is 30.7. The SMILES string of the molecule is COc1cc(OC)cc(-c2nc3ccccc3c(=O)n2NC(=O)Cc2ccc(Cl)cc2)c1. The van der Waals surface area contributed by atoms with Gasteiger partial charge in [-0.25, -0.2) is 4.98 Å². The first-order valence-corrected chi connectivity index (χ1v) is 10.2. The molecule has 0 radical (unpaired) electrons. The lowest BCUT2D eigenvalue weighted by atomic mass is 10.1. The fraction of sp³-hybridized carbons (Fsp3) is 0.125. The van der Waals surface area contributed by atoms with E-state index in [4.69, 9.17) is 21.1 Å². The van der Waals surface area contributed by atoms with Crippen LogP contribution in [0.15, 0.2) is 71.5 Å². The molecule has 1 amide bonds. The van der Waals surface area contributed by atoms with E-state index in [0.29, 0.717) is 33.0 Å². The zero-order valence-electron chi connectivity index (χ0n) is 17.5. The van der Waals surface area contributed by atoms with Crippen LogP contribution < -0.4 is 20.5 Å². The summed E-state index contributed by atoms with van der Waals surface area (Å²) in [5.41, 5.74) is 4.13. The van der Waals surface area contributed by atoms with Crippen molar-refractivity contribution in [2.45, 2.75) is 6.42 Å². The number of carbonyl (C=O) groups excluding carboxylic acids is 1. The summed E-state index contributed by atoms with van der Waals surface area (Å²) in [6.45, 7) is 0. The molecule has 4 aromatic rings. The van der Waals surface area contributed by atoms with Gasteiger partial charge in [-0.1, -0.05) is 35.9 Å². The molecule has 1 heterocycles. The molecule has 0 saturated carbocycles. The third kappa shape index (κ3) is 4.43. The number of methoxy groups -OCH3 is 2. The monoisotopic (exact) mass is 449 g/mol. The molecule has 7 nitrogen and oxygen atoms in total. The highest BCUT2D eigenvalue weighted by Gasteiger charge is 2.17. The molecule has 8 heteroatoms. The number of hydrogen-bond donors (Lipinski definition) is 1. The molecular formula is C24H20ClN3O4. The molecule has 162 valence electrons. The van der Waals surface area contributed by atoms with Gasteiger partial charge >= 0.3 is 0 Å². The molecule has 0 aliphatic heterocycles. The van der Waals surface area contributed by atoms with Crippen LogP contribution in [-0.4, -0.2) is 29.8 Å². The van der Waals surface area contributed by atoms with Crippen molar-refractivity contribution in [2.75, 3.05) is 19.6 Å². The molecule has 1 aromatic heterocycles. The third-order valence-corrected chi connectivity index (χ3v) is 5.15. The number of para-hydroxylation sites is 1. The highest BCUT2D eigenvalue weighted by atomic mass is 35.5. The fourth-order valence-corrected chi connectivity index (χ4v) is 3.44. The Morgan fingerprint density at radius 1 is 1.00 bits per heavy atom. The summed E-state index contributed by atoms with van der Waals surface area (Å²) >= 11 is 5.92. The van der Waals surface area contributed by atoms with E-state index in [1.807, 2.05) is 0 Å². The number of carbonyl (C=O) groups is 1. The first-order chi connectivity index (χ1) is 15.5. The molecule has 0 aliphatic carbocycles. The van der Waals surface area contributed by atoms with Crippen molar-refractivity contribution in [1.82, 2.24) is 9.66 Å². The number of hydrogen-bond acceptors (Lipinski definition) is 5. The predicted octanol–water partition coefficient (Wildman–Crippen LogP) is 4.05. The van der Waals surface area contributed by atoms with Gasteiger partial charge in [-0.05, 0) is 42.0 Å². The van der Waals surface area contributed by atoms with Crippen LogP contribution in [0.1, 0.15) is 5.56 Å². The van der Waals surface area contributed by atoms with Crippen molar-refractivity contribution in [3.63, 3.8) is 0 Å². The smallest absolute Gasteiger partial charge is 0.280 e. The summed E-state index contributed by atoms with van der Waals surface area (Å²) in [5, 5.41) is 0.969. The number of aromatic nitrogens is 2. The lowest BCUT2D eigenvalue weighted by molar-refractivity contribution is -0.116. The largest absolute Gasteiger partial charge is 0.497 e. The van der Waals surface area contributed by atoms with E-state index in [1.54, 1.807) is 66.7 Å². The second kappa shape index (κ2) is 9.11. The Kier molecular flexibility index (Phi) is 6.09. The minimum Gasteiger partial charge on any atom is -0.497 e. The van der Waals surface area contributed by atoms with Gasteiger partial charge in [-0.2, -0.15) is 4.68 Å². The number of amides is 1. The molecule has 0 fully saturated rings. The standard InChI is InChI=1S/C24H20ClN3O4/c1-31-18-12-16(13-19(14-18)32-2)23-26-21-6-4-3-5-20(21)24(30)28(23)27-22(29)11-15-7-9-17(25)10-8-15/h3-10,12-14H,11H2,1-2H3,(H,27,29). The van der Waals surface area contributed by atoms with Crippen LogP contribution in [0.3, 0.4) is 0 Å². The molecule has 0 spiro atoms.